The second kappa shape index (κ2) is 6.13. The fourth-order valence-corrected chi connectivity index (χ4v) is 2.27. The quantitative estimate of drug-likeness (QED) is 0.945. The summed E-state index contributed by atoms with van der Waals surface area (Å²) in [7, 11) is 2.82. The van der Waals surface area contributed by atoms with Gasteiger partial charge in [-0.1, -0.05) is 6.92 Å². The average molecular weight is 309 g/mol. The van der Waals surface area contributed by atoms with Crippen LogP contribution in [0.5, 0.6) is 5.75 Å². The second-order valence-corrected chi connectivity index (χ2v) is 4.79. The van der Waals surface area contributed by atoms with E-state index in [1.807, 2.05) is 13.8 Å². The summed E-state index contributed by atoms with van der Waals surface area (Å²) in [4.78, 5) is 12.2. The zero-order chi connectivity index (χ0) is 16.4. The molecule has 0 saturated carbocycles. The average Bonchev–Trinajstić information content (AvgIpc) is 2.75. The Labute approximate surface area is 126 Å². The van der Waals surface area contributed by atoms with E-state index in [0.717, 1.165) is 30.5 Å². The minimum Gasteiger partial charge on any atom is -0.491 e. The Balaban J connectivity index is 2.37. The molecule has 0 unspecified atom stereocenters. The highest BCUT2D eigenvalue weighted by Gasteiger charge is 2.21. The Bertz CT molecular complexity index is 726. The third kappa shape index (κ3) is 2.66. The molecule has 0 saturated heterocycles. The van der Waals surface area contributed by atoms with Crippen molar-refractivity contribution >= 4 is 11.7 Å². The Hall–Kier alpha value is -2.44. The monoisotopic (exact) mass is 309 g/mol. The molecule has 22 heavy (non-hydrogen) atoms. The molecule has 2 rings (SSSR count). The van der Waals surface area contributed by atoms with Crippen molar-refractivity contribution in [1.29, 1.82) is 0 Å². The van der Waals surface area contributed by atoms with Crippen molar-refractivity contribution in [2.45, 2.75) is 20.3 Å². The number of carbonyl (C=O) groups is 1. The number of anilines is 1. The lowest BCUT2D eigenvalue weighted by Crippen LogP contribution is -2.17. The summed E-state index contributed by atoms with van der Waals surface area (Å²) in [6.07, 6.45) is 0.717. The zero-order valence-electron chi connectivity index (χ0n) is 12.8. The summed E-state index contributed by atoms with van der Waals surface area (Å²) < 4.78 is 33.7. The third-order valence-corrected chi connectivity index (χ3v) is 3.45. The predicted molar refractivity (Wildman–Crippen MR) is 78.2 cm³/mol. The maximum atomic E-state index is 14.1. The van der Waals surface area contributed by atoms with Gasteiger partial charge in [-0.15, -0.1) is 0 Å². The van der Waals surface area contributed by atoms with Crippen molar-refractivity contribution < 1.29 is 18.3 Å². The Kier molecular flexibility index (Phi) is 4.44. The molecule has 5 nitrogen and oxygen atoms in total. The summed E-state index contributed by atoms with van der Waals surface area (Å²) in [6, 6.07) is 2.07. The molecule has 0 aliphatic rings. The Morgan fingerprint density at radius 2 is 2.09 bits per heavy atom. The van der Waals surface area contributed by atoms with E-state index in [2.05, 4.69) is 15.2 Å². The van der Waals surface area contributed by atoms with Crippen molar-refractivity contribution in [3.8, 4) is 5.75 Å². The second-order valence-electron chi connectivity index (χ2n) is 4.79. The molecule has 0 bridgehead atoms. The molecule has 0 spiro atoms. The topological polar surface area (TPSA) is 56.2 Å². The van der Waals surface area contributed by atoms with Crippen molar-refractivity contribution in [3.63, 3.8) is 0 Å². The van der Waals surface area contributed by atoms with Gasteiger partial charge in [0.05, 0.1) is 18.4 Å². The standard InChI is InChI=1S/C15H17F2N3O2/c1-5-11-8(2)14(20(3)19-11)18-15(21)9-6-7-10(16)13(22-4)12(9)17/h6-7H,5H2,1-4H3,(H,18,21). The van der Waals surface area contributed by atoms with Gasteiger partial charge in [0.2, 0.25) is 0 Å². The van der Waals surface area contributed by atoms with Crippen LogP contribution in [0, 0.1) is 18.6 Å². The maximum Gasteiger partial charge on any atom is 0.259 e. The van der Waals surface area contributed by atoms with Gasteiger partial charge in [-0.05, 0) is 25.5 Å². The van der Waals surface area contributed by atoms with Crippen LogP contribution in [-0.4, -0.2) is 22.8 Å². The fraction of sp³-hybridized carbons (Fsp3) is 0.333. The molecule has 1 N–H and O–H groups in total. The molecule has 0 atom stereocenters. The number of methoxy groups -OCH3 is 1. The van der Waals surface area contributed by atoms with E-state index in [0.29, 0.717) is 12.2 Å². The summed E-state index contributed by atoms with van der Waals surface area (Å²) in [6.45, 7) is 3.77. The molecule has 1 heterocycles. The number of hydrogen-bond donors (Lipinski definition) is 1. The number of nitrogens with zero attached hydrogens (tertiary/aromatic N) is 2. The van der Waals surface area contributed by atoms with Gasteiger partial charge in [0, 0.05) is 12.6 Å². The van der Waals surface area contributed by atoms with Gasteiger partial charge < -0.3 is 10.1 Å². The van der Waals surface area contributed by atoms with Crippen LogP contribution in [0.4, 0.5) is 14.6 Å². The van der Waals surface area contributed by atoms with E-state index in [1.54, 1.807) is 7.05 Å². The molecule has 118 valence electrons. The van der Waals surface area contributed by atoms with Crippen LogP contribution in [0.25, 0.3) is 0 Å². The molecule has 1 aromatic carbocycles. The van der Waals surface area contributed by atoms with Crippen molar-refractivity contribution in [2.24, 2.45) is 7.05 Å². The minimum atomic E-state index is -1.03. The first-order valence-electron chi connectivity index (χ1n) is 6.76. The smallest absolute Gasteiger partial charge is 0.259 e. The zero-order valence-corrected chi connectivity index (χ0v) is 12.8. The van der Waals surface area contributed by atoms with E-state index >= 15 is 0 Å². The largest absolute Gasteiger partial charge is 0.491 e. The molecule has 7 heteroatoms. The summed E-state index contributed by atoms with van der Waals surface area (Å²) in [5.74, 6) is -2.69. The molecule has 0 fully saturated rings. The van der Waals surface area contributed by atoms with E-state index in [1.165, 1.54) is 4.68 Å². The molecular weight excluding hydrogens is 292 g/mol. The number of ether oxygens (including phenoxy) is 1. The first-order valence-corrected chi connectivity index (χ1v) is 6.76. The highest BCUT2D eigenvalue weighted by molar-refractivity contribution is 6.04. The Morgan fingerprint density at radius 3 is 2.64 bits per heavy atom. The molecule has 0 aliphatic heterocycles. The molecule has 0 radical (unpaired) electrons. The van der Waals surface area contributed by atoms with E-state index in [-0.39, 0.29) is 5.56 Å². The lowest BCUT2D eigenvalue weighted by atomic mass is 10.1. The normalized spacial score (nSPS) is 10.6. The molecule has 1 aromatic heterocycles. The number of amides is 1. The van der Waals surface area contributed by atoms with Crippen LogP contribution in [0.2, 0.25) is 0 Å². The highest BCUT2D eigenvalue weighted by Crippen LogP contribution is 2.25. The van der Waals surface area contributed by atoms with Crippen molar-refractivity contribution in [1.82, 2.24) is 9.78 Å². The van der Waals surface area contributed by atoms with Crippen LogP contribution < -0.4 is 10.1 Å². The van der Waals surface area contributed by atoms with Crippen LogP contribution in [0.15, 0.2) is 12.1 Å². The highest BCUT2D eigenvalue weighted by atomic mass is 19.1. The third-order valence-electron chi connectivity index (χ3n) is 3.45. The van der Waals surface area contributed by atoms with Gasteiger partial charge in [-0.3, -0.25) is 9.48 Å². The lowest BCUT2D eigenvalue weighted by Gasteiger charge is -2.10. The number of nitrogens with one attached hydrogen (secondary N) is 1. The summed E-state index contributed by atoms with van der Waals surface area (Å²) >= 11 is 0. The number of benzene rings is 1. The lowest BCUT2D eigenvalue weighted by molar-refractivity contribution is 0.102. The predicted octanol–water partition coefficient (Wildman–Crippen LogP) is 2.83. The molecule has 0 aliphatic carbocycles. The van der Waals surface area contributed by atoms with E-state index in [9.17, 15) is 13.6 Å². The number of hydrogen-bond acceptors (Lipinski definition) is 3. The van der Waals surface area contributed by atoms with Gasteiger partial charge >= 0.3 is 0 Å². The van der Waals surface area contributed by atoms with Crippen molar-refractivity contribution in [2.75, 3.05) is 12.4 Å². The number of carbonyl (C=O) groups excluding carboxylic acids is 1. The minimum absolute atomic E-state index is 0.295. The van der Waals surface area contributed by atoms with Gasteiger partial charge in [-0.2, -0.15) is 5.10 Å². The fourth-order valence-electron chi connectivity index (χ4n) is 2.27. The van der Waals surface area contributed by atoms with Crippen LogP contribution >= 0.6 is 0 Å². The molecule has 1 amide bonds. The van der Waals surface area contributed by atoms with Gasteiger partial charge in [-0.25, -0.2) is 8.78 Å². The van der Waals surface area contributed by atoms with Crippen LogP contribution in [0.3, 0.4) is 0 Å². The maximum absolute atomic E-state index is 14.1. The van der Waals surface area contributed by atoms with E-state index < -0.39 is 23.3 Å². The molecule has 2 aromatic rings. The number of rotatable bonds is 4. The van der Waals surface area contributed by atoms with E-state index in [4.69, 9.17) is 0 Å². The first kappa shape index (κ1) is 15.9. The van der Waals surface area contributed by atoms with Gasteiger partial charge in [0.1, 0.15) is 5.82 Å². The molecular formula is C15H17F2N3O2. The number of aromatic nitrogens is 2. The van der Waals surface area contributed by atoms with Crippen molar-refractivity contribution in [3.05, 3.63) is 40.6 Å². The number of aryl methyl sites for hydroxylation is 2. The first-order chi connectivity index (χ1) is 10.4. The van der Waals surface area contributed by atoms with Gasteiger partial charge in [0.25, 0.3) is 5.91 Å². The van der Waals surface area contributed by atoms with Gasteiger partial charge in [0.15, 0.2) is 17.4 Å². The number of halogens is 2. The summed E-state index contributed by atoms with van der Waals surface area (Å²) in [5, 5.41) is 6.87. The SMILES string of the molecule is CCc1nn(C)c(NC(=O)c2ccc(F)c(OC)c2F)c1C. The Morgan fingerprint density at radius 1 is 1.41 bits per heavy atom. The summed E-state index contributed by atoms with van der Waals surface area (Å²) in [5.41, 5.74) is 1.36. The van der Waals surface area contributed by atoms with Crippen LogP contribution in [0.1, 0.15) is 28.5 Å². The van der Waals surface area contributed by atoms with Crippen LogP contribution in [-0.2, 0) is 13.5 Å².